The van der Waals surface area contributed by atoms with E-state index >= 15 is 0 Å². The van der Waals surface area contributed by atoms with E-state index in [9.17, 15) is 0 Å². The fraction of sp³-hybridized carbons (Fsp3) is 1.00. The summed E-state index contributed by atoms with van der Waals surface area (Å²) in [5.41, 5.74) is 3.35. The summed E-state index contributed by atoms with van der Waals surface area (Å²) >= 11 is 0. The van der Waals surface area contributed by atoms with E-state index in [0.717, 1.165) is 0 Å². The minimum atomic E-state index is 0.208. The van der Waals surface area contributed by atoms with Crippen molar-refractivity contribution in [3.05, 3.63) is 0 Å². The van der Waals surface area contributed by atoms with Crippen LogP contribution in [-0.2, 0) is 0 Å². The molecule has 0 radical (unpaired) electrons. The number of aliphatic hydroxyl groups excluding tert-OH is 1. The molecule has 0 unspecified atom stereocenters. The standard InChI is InChI=1S/C2H7NO/c3-1-2-4/h4H,1-3H2/p+1/i3+1. The summed E-state index contributed by atoms with van der Waals surface area (Å²) in [5.74, 6) is 0. The zero-order chi connectivity index (χ0) is 3.41. The number of hydrogen-bond donors (Lipinski definition) is 2. The molecule has 0 atom stereocenters. The molecule has 26 valence electrons. The van der Waals surface area contributed by atoms with Crippen LogP contribution in [0.2, 0.25) is 0 Å². The maximum Gasteiger partial charge on any atom is 0.0974 e. The summed E-state index contributed by atoms with van der Waals surface area (Å²) in [6, 6.07) is 0. The predicted molar refractivity (Wildman–Crippen MR) is 14.8 cm³/mol. The van der Waals surface area contributed by atoms with Crippen LogP contribution in [0.3, 0.4) is 0 Å². The minimum absolute atomic E-state index is 0.208. The van der Waals surface area contributed by atoms with Crippen molar-refractivity contribution < 1.29 is 10.8 Å². The molecule has 0 heterocycles. The van der Waals surface area contributed by atoms with E-state index < -0.39 is 0 Å². The van der Waals surface area contributed by atoms with Crippen LogP contribution in [-0.4, -0.2) is 18.3 Å². The zero-order valence-electron chi connectivity index (χ0n) is 2.57. The first-order chi connectivity index (χ1) is 1.91. The highest BCUT2D eigenvalue weighted by atomic mass is 16.3. The van der Waals surface area contributed by atoms with Crippen molar-refractivity contribution >= 4 is 0 Å². The quantitative estimate of drug-likeness (QED) is 0.347. The van der Waals surface area contributed by atoms with Gasteiger partial charge in [0.05, 0.1) is 13.2 Å². The molecule has 0 fully saturated rings. The fourth-order valence-corrected chi connectivity index (χ4v) is 0. The first kappa shape index (κ1) is 3.92. The van der Waals surface area contributed by atoms with Gasteiger partial charge in [0.15, 0.2) is 0 Å². The van der Waals surface area contributed by atoms with Gasteiger partial charge in [-0.1, -0.05) is 0 Å². The second-order valence-corrected chi connectivity index (χ2v) is 0.577. The molecule has 4 heavy (non-hydrogen) atoms. The smallest absolute Gasteiger partial charge is 0.0974 e. The highest BCUT2D eigenvalue weighted by molar-refractivity contribution is 4.03. The molecule has 0 saturated heterocycles. The molecule has 0 spiro atoms. The van der Waals surface area contributed by atoms with Gasteiger partial charge in [0.1, 0.15) is 0 Å². The van der Waals surface area contributed by atoms with Crippen molar-refractivity contribution in [2.45, 2.75) is 0 Å². The Hall–Kier alpha value is -0.0800. The van der Waals surface area contributed by atoms with E-state index in [2.05, 4.69) is 5.73 Å². The van der Waals surface area contributed by atoms with Crippen molar-refractivity contribution in [3.63, 3.8) is 0 Å². The van der Waals surface area contributed by atoms with Gasteiger partial charge in [-0.25, -0.2) is 0 Å². The molecule has 0 bridgehead atoms. The first-order valence-electron chi connectivity index (χ1n) is 1.32. The number of rotatable bonds is 1. The Kier molecular flexibility index (Phi) is 2.86. The summed E-state index contributed by atoms with van der Waals surface area (Å²) in [7, 11) is 0. The monoisotopic (exact) mass is 63.1 g/mol. The summed E-state index contributed by atoms with van der Waals surface area (Å²) in [4.78, 5) is 0. The van der Waals surface area contributed by atoms with Gasteiger partial charge in [-0.2, -0.15) is 0 Å². The molecular formula is C2H8NO+. The van der Waals surface area contributed by atoms with Gasteiger partial charge in [-0.15, -0.1) is 0 Å². The highest BCUT2D eigenvalue weighted by Crippen LogP contribution is 1.28. The lowest BCUT2D eigenvalue weighted by Crippen LogP contribution is -2.51. The summed E-state index contributed by atoms with van der Waals surface area (Å²) in [5, 5.41) is 7.81. The maximum absolute atomic E-state index is 7.81. The van der Waals surface area contributed by atoms with Gasteiger partial charge in [0.25, 0.3) is 0 Å². The van der Waals surface area contributed by atoms with Crippen LogP contribution >= 0.6 is 0 Å². The third-order valence-corrected chi connectivity index (χ3v) is 0.158. The molecule has 0 aromatic heterocycles. The highest BCUT2D eigenvalue weighted by Gasteiger charge is 1.60. The zero-order valence-corrected chi connectivity index (χ0v) is 2.57. The van der Waals surface area contributed by atoms with Crippen molar-refractivity contribution in [2.24, 2.45) is 0 Å². The topological polar surface area (TPSA) is 47.9 Å². The predicted octanol–water partition coefficient (Wildman–Crippen LogP) is -1.78. The van der Waals surface area contributed by atoms with E-state index in [-0.39, 0.29) is 6.61 Å². The van der Waals surface area contributed by atoms with E-state index in [4.69, 9.17) is 5.11 Å². The van der Waals surface area contributed by atoms with Crippen molar-refractivity contribution in [2.75, 3.05) is 13.2 Å². The van der Waals surface area contributed by atoms with Crippen LogP contribution in [0.4, 0.5) is 0 Å². The molecule has 4 N–H and O–H groups in total. The molecule has 2 heteroatoms. The molecule has 0 aromatic rings. The van der Waals surface area contributed by atoms with Crippen LogP contribution in [0.15, 0.2) is 0 Å². The lowest BCUT2D eigenvalue weighted by atomic mass is 10.8. The Labute approximate surface area is 25.2 Å². The van der Waals surface area contributed by atoms with E-state index in [1.165, 1.54) is 0 Å². The lowest BCUT2D eigenvalue weighted by molar-refractivity contribution is -0.372. The average Bonchev–Trinajstić information content (AvgIpc) is 1.37. The molecule has 0 aromatic carbocycles. The van der Waals surface area contributed by atoms with Gasteiger partial charge in [0, 0.05) is 0 Å². The Morgan fingerprint density at radius 2 is 2.00 bits per heavy atom. The maximum atomic E-state index is 7.81. The molecule has 0 rings (SSSR count). The van der Waals surface area contributed by atoms with Crippen molar-refractivity contribution in [1.29, 1.82) is 0 Å². The van der Waals surface area contributed by atoms with E-state index in [1.807, 2.05) is 0 Å². The van der Waals surface area contributed by atoms with Gasteiger partial charge in [-0.05, 0) is 0 Å². The second kappa shape index (κ2) is 2.92. The largest absolute Gasteiger partial charge is 0.391 e. The molecule has 0 aliphatic carbocycles. The molecule has 2 nitrogen and oxygen atoms in total. The number of aliphatic hydroxyl groups is 1. The Bertz CT molecular complexity index is 8.00. The summed E-state index contributed by atoms with van der Waals surface area (Å²) in [6.07, 6.45) is 0. The van der Waals surface area contributed by atoms with Crippen LogP contribution in [0, 0.1) is 0 Å². The van der Waals surface area contributed by atoms with Gasteiger partial charge in [-0.3, -0.25) is 0 Å². The Morgan fingerprint density at radius 1 is 1.75 bits per heavy atom. The van der Waals surface area contributed by atoms with Crippen molar-refractivity contribution in [3.8, 4) is 0 Å². The first-order valence-corrected chi connectivity index (χ1v) is 1.32. The lowest BCUT2D eigenvalue weighted by Gasteiger charge is -1.67. The Balaban J connectivity index is 1.97. The van der Waals surface area contributed by atoms with Gasteiger partial charge < -0.3 is 10.8 Å². The molecule has 0 aliphatic rings. The van der Waals surface area contributed by atoms with Crippen LogP contribution in [0.25, 0.3) is 0 Å². The minimum Gasteiger partial charge on any atom is -0.391 e. The van der Waals surface area contributed by atoms with E-state index in [0.29, 0.717) is 6.54 Å². The summed E-state index contributed by atoms with van der Waals surface area (Å²) in [6.45, 7) is 0.833. The van der Waals surface area contributed by atoms with Gasteiger partial charge in [0.2, 0.25) is 0 Å². The molecule has 0 saturated carbocycles. The average molecular weight is 63.1 g/mol. The number of quaternary nitrogens is 1. The van der Waals surface area contributed by atoms with Crippen LogP contribution in [0.1, 0.15) is 0 Å². The van der Waals surface area contributed by atoms with Gasteiger partial charge >= 0.3 is 0 Å². The summed E-state index contributed by atoms with van der Waals surface area (Å²) < 4.78 is 0. The fourth-order valence-electron chi connectivity index (χ4n) is 0. The molecule has 0 amide bonds. The second-order valence-electron chi connectivity index (χ2n) is 0.577. The number of hydrogen-bond acceptors (Lipinski definition) is 1. The molecular weight excluding hydrogens is 55.0 g/mol. The van der Waals surface area contributed by atoms with Crippen LogP contribution < -0.4 is 5.73 Å². The normalized spacial score (nSPS) is 7.50. The third kappa shape index (κ3) is 1.92. The third-order valence-electron chi connectivity index (χ3n) is 0.158. The van der Waals surface area contributed by atoms with Crippen molar-refractivity contribution in [1.82, 2.24) is 0 Å². The van der Waals surface area contributed by atoms with Crippen LogP contribution in [0.5, 0.6) is 0 Å². The SMILES string of the molecule is [15NH3+]CCO. The molecule has 0 aliphatic heterocycles. The Morgan fingerprint density at radius 3 is 2.00 bits per heavy atom. The van der Waals surface area contributed by atoms with E-state index in [1.54, 1.807) is 0 Å².